The molecule has 4 heteroatoms. The predicted molar refractivity (Wildman–Crippen MR) is 82.9 cm³/mol. The molecule has 2 rings (SSSR count). The number of aryl methyl sites for hydroxylation is 3. The number of hydrazine groups is 1. The van der Waals surface area contributed by atoms with Crippen LogP contribution in [0.5, 0.6) is 0 Å². The van der Waals surface area contributed by atoms with Gasteiger partial charge in [0.05, 0.1) is 5.69 Å². The lowest BCUT2D eigenvalue weighted by atomic mass is 10.1. The first-order valence-corrected chi connectivity index (χ1v) is 6.47. The standard InChI is InChI=1S/C16H19N3O/c1-10-4-6-14(9-11(10)2)18-16(20)13-5-7-15(19-17)12(3)8-13/h4-9,19H,17H2,1-3H3,(H,18,20). The molecule has 0 spiro atoms. The molecule has 2 aromatic rings. The van der Waals surface area contributed by atoms with E-state index in [9.17, 15) is 4.79 Å². The summed E-state index contributed by atoms with van der Waals surface area (Å²) in [4.78, 5) is 12.2. The summed E-state index contributed by atoms with van der Waals surface area (Å²) >= 11 is 0. The normalized spacial score (nSPS) is 10.2. The van der Waals surface area contributed by atoms with E-state index in [1.807, 2.05) is 45.0 Å². The molecule has 0 fully saturated rings. The highest BCUT2D eigenvalue weighted by Crippen LogP contribution is 2.18. The van der Waals surface area contributed by atoms with Gasteiger partial charge in [-0.05, 0) is 67.8 Å². The Hall–Kier alpha value is -2.33. The fourth-order valence-electron chi connectivity index (χ4n) is 1.99. The molecule has 0 aliphatic heterocycles. The third-order valence-corrected chi connectivity index (χ3v) is 3.41. The van der Waals surface area contributed by atoms with Gasteiger partial charge >= 0.3 is 0 Å². The van der Waals surface area contributed by atoms with Crippen LogP contribution in [0.4, 0.5) is 11.4 Å². The van der Waals surface area contributed by atoms with Gasteiger partial charge in [0, 0.05) is 11.3 Å². The average Bonchev–Trinajstić information content (AvgIpc) is 2.42. The van der Waals surface area contributed by atoms with Crippen LogP contribution in [-0.4, -0.2) is 5.91 Å². The van der Waals surface area contributed by atoms with Gasteiger partial charge in [0.2, 0.25) is 0 Å². The molecule has 0 unspecified atom stereocenters. The van der Waals surface area contributed by atoms with Gasteiger partial charge in [-0.2, -0.15) is 0 Å². The summed E-state index contributed by atoms with van der Waals surface area (Å²) in [6, 6.07) is 11.2. The SMILES string of the molecule is Cc1ccc(NC(=O)c2ccc(NN)c(C)c2)cc1C. The quantitative estimate of drug-likeness (QED) is 0.592. The molecular formula is C16H19N3O. The van der Waals surface area contributed by atoms with Gasteiger partial charge in [-0.25, -0.2) is 0 Å². The number of benzene rings is 2. The van der Waals surface area contributed by atoms with Gasteiger partial charge in [-0.15, -0.1) is 0 Å². The molecule has 4 nitrogen and oxygen atoms in total. The number of hydrogen-bond donors (Lipinski definition) is 3. The van der Waals surface area contributed by atoms with Crippen LogP contribution in [0.25, 0.3) is 0 Å². The summed E-state index contributed by atoms with van der Waals surface area (Å²) in [6.45, 7) is 5.97. The Morgan fingerprint density at radius 2 is 1.70 bits per heavy atom. The second kappa shape index (κ2) is 5.75. The van der Waals surface area contributed by atoms with Gasteiger partial charge in [0.1, 0.15) is 0 Å². The van der Waals surface area contributed by atoms with Crippen LogP contribution in [0.1, 0.15) is 27.0 Å². The Kier molecular flexibility index (Phi) is 4.05. The Morgan fingerprint density at radius 1 is 0.950 bits per heavy atom. The highest BCUT2D eigenvalue weighted by Gasteiger charge is 2.08. The average molecular weight is 269 g/mol. The summed E-state index contributed by atoms with van der Waals surface area (Å²) in [5, 5.41) is 2.90. The molecule has 0 bridgehead atoms. The van der Waals surface area contributed by atoms with E-state index in [1.54, 1.807) is 12.1 Å². The molecule has 1 amide bonds. The first-order chi connectivity index (χ1) is 9.51. The van der Waals surface area contributed by atoms with Crippen molar-refractivity contribution in [2.24, 2.45) is 5.84 Å². The van der Waals surface area contributed by atoms with Crippen LogP contribution in [-0.2, 0) is 0 Å². The molecule has 0 aliphatic rings. The van der Waals surface area contributed by atoms with Crippen molar-refractivity contribution in [1.82, 2.24) is 0 Å². The third kappa shape index (κ3) is 2.97. The van der Waals surface area contributed by atoms with E-state index in [2.05, 4.69) is 10.7 Å². The number of anilines is 2. The van der Waals surface area contributed by atoms with Crippen molar-refractivity contribution in [3.63, 3.8) is 0 Å². The Morgan fingerprint density at radius 3 is 2.30 bits per heavy atom. The van der Waals surface area contributed by atoms with Gasteiger partial charge in [0.25, 0.3) is 5.91 Å². The van der Waals surface area contributed by atoms with E-state index >= 15 is 0 Å². The number of carbonyl (C=O) groups excluding carboxylic acids is 1. The van der Waals surface area contributed by atoms with Crippen molar-refractivity contribution < 1.29 is 4.79 Å². The van der Waals surface area contributed by atoms with Gasteiger partial charge in [-0.3, -0.25) is 10.6 Å². The van der Waals surface area contributed by atoms with Crippen LogP contribution in [0.3, 0.4) is 0 Å². The molecule has 4 N–H and O–H groups in total. The third-order valence-electron chi connectivity index (χ3n) is 3.41. The molecule has 0 radical (unpaired) electrons. The number of amides is 1. The monoisotopic (exact) mass is 269 g/mol. The fourth-order valence-corrected chi connectivity index (χ4v) is 1.99. The van der Waals surface area contributed by atoms with E-state index < -0.39 is 0 Å². The minimum absolute atomic E-state index is 0.125. The van der Waals surface area contributed by atoms with Crippen LogP contribution < -0.4 is 16.6 Å². The Balaban J connectivity index is 2.19. The van der Waals surface area contributed by atoms with Gasteiger partial charge < -0.3 is 10.7 Å². The lowest BCUT2D eigenvalue weighted by molar-refractivity contribution is 0.102. The van der Waals surface area contributed by atoms with Crippen molar-refractivity contribution >= 4 is 17.3 Å². The summed E-state index contributed by atoms with van der Waals surface area (Å²) in [5.74, 6) is 5.26. The predicted octanol–water partition coefficient (Wildman–Crippen LogP) is 3.15. The maximum absolute atomic E-state index is 12.2. The largest absolute Gasteiger partial charge is 0.324 e. The molecule has 0 aliphatic carbocycles. The summed E-state index contributed by atoms with van der Waals surface area (Å²) < 4.78 is 0. The maximum Gasteiger partial charge on any atom is 0.255 e. The second-order valence-corrected chi connectivity index (χ2v) is 4.93. The number of nitrogens with one attached hydrogen (secondary N) is 2. The minimum atomic E-state index is -0.125. The molecule has 0 saturated heterocycles. The Bertz CT molecular complexity index is 650. The number of nitrogen functional groups attached to an aromatic ring is 1. The first kappa shape index (κ1) is 14.1. The molecule has 0 atom stereocenters. The minimum Gasteiger partial charge on any atom is -0.324 e. The highest BCUT2D eigenvalue weighted by molar-refractivity contribution is 6.04. The van der Waals surface area contributed by atoms with Crippen molar-refractivity contribution in [2.45, 2.75) is 20.8 Å². The molecule has 0 heterocycles. The van der Waals surface area contributed by atoms with Crippen molar-refractivity contribution in [2.75, 3.05) is 10.7 Å². The zero-order chi connectivity index (χ0) is 14.7. The van der Waals surface area contributed by atoms with Crippen LogP contribution in [0, 0.1) is 20.8 Å². The number of carbonyl (C=O) groups is 1. The van der Waals surface area contributed by atoms with Gasteiger partial charge in [-0.1, -0.05) is 6.07 Å². The van der Waals surface area contributed by atoms with Crippen molar-refractivity contribution in [3.8, 4) is 0 Å². The smallest absolute Gasteiger partial charge is 0.255 e. The number of hydrogen-bond acceptors (Lipinski definition) is 3. The maximum atomic E-state index is 12.2. The zero-order valence-corrected chi connectivity index (χ0v) is 11.9. The molecule has 0 aromatic heterocycles. The zero-order valence-electron chi connectivity index (χ0n) is 11.9. The number of nitrogens with two attached hydrogens (primary N) is 1. The fraction of sp³-hybridized carbons (Fsp3) is 0.188. The Labute approximate surface area is 119 Å². The van der Waals surface area contributed by atoms with Crippen LogP contribution in [0.2, 0.25) is 0 Å². The summed E-state index contributed by atoms with van der Waals surface area (Å²) in [6.07, 6.45) is 0. The van der Waals surface area contributed by atoms with E-state index in [4.69, 9.17) is 5.84 Å². The lowest BCUT2D eigenvalue weighted by Gasteiger charge is -2.10. The number of rotatable bonds is 3. The van der Waals surface area contributed by atoms with E-state index in [0.717, 1.165) is 22.5 Å². The lowest BCUT2D eigenvalue weighted by Crippen LogP contribution is -2.13. The van der Waals surface area contributed by atoms with E-state index in [0.29, 0.717) is 5.56 Å². The van der Waals surface area contributed by atoms with Crippen LogP contribution >= 0.6 is 0 Å². The second-order valence-electron chi connectivity index (χ2n) is 4.93. The molecular weight excluding hydrogens is 250 g/mol. The van der Waals surface area contributed by atoms with Crippen molar-refractivity contribution in [1.29, 1.82) is 0 Å². The summed E-state index contributed by atoms with van der Waals surface area (Å²) in [5.41, 5.74) is 8.11. The van der Waals surface area contributed by atoms with Gasteiger partial charge in [0.15, 0.2) is 0 Å². The molecule has 104 valence electrons. The topological polar surface area (TPSA) is 67.2 Å². The van der Waals surface area contributed by atoms with Crippen molar-refractivity contribution in [3.05, 3.63) is 58.7 Å². The molecule has 0 saturated carbocycles. The van der Waals surface area contributed by atoms with E-state index in [-0.39, 0.29) is 5.91 Å². The highest BCUT2D eigenvalue weighted by atomic mass is 16.1. The molecule has 20 heavy (non-hydrogen) atoms. The van der Waals surface area contributed by atoms with Crippen LogP contribution in [0.15, 0.2) is 36.4 Å². The van der Waals surface area contributed by atoms with E-state index in [1.165, 1.54) is 5.56 Å². The molecule has 2 aromatic carbocycles. The summed E-state index contributed by atoms with van der Waals surface area (Å²) in [7, 11) is 0. The first-order valence-electron chi connectivity index (χ1n) is 6.47.